The Bertz CT molecular complexity index is 503. The third-order valence-corrected chi connectivity index (χ3v) is 5.11. The van der Waals surface area contributed by atoms with E-state index in [0.717, 1.165) is 23.3 Å². The number of piperidine rings is 1. The second-order valence-corrected chi connectivity index (χ2v) is 6.60. The van der Waals surface area contributed by atoms with Gasteiger partial charge in [-0.25, -0.2) is 4.79 Å². The number of amides is 1. The Morgan fingerprint density at radius 1 is 1.37 bits per heavy atom. The van der Waals surface area contributed by atoms with Gasteiger partial charge in [0.2, 0.25) is 0 Å². The summed E-state index contributed by atoms with van der Waals surface area (Å²) < 4.78 is 0. The van der Waals surface area contributed by atoms with Gasteiger partial charge in [-0.15, -0.1) is 11.3 Å². The lowest BCUT2D eigenvalue weighted by molar-refractivity contribution is -0.150. The van der Waals surface area contributed by atoms with Crippen molar-refractivity contribution in [2.45, 2.75) is 45.6 Å². The fourth-order valence-corrected chi connectivity index (χ4v) is 3.46. The van der Waals surface area contributed by atoms with Crippen molar-refractivity contribution in [1.82, 2.24) is 4.90 Å². The average molecular weight is 281 g/mol. The Balaban J connectivity index is 2.33. The van der Waals surface area contributed by atoms with Crippen molar-refractivity contribution < 1.29 is 14.7 Å². The minimum Gasteiger partial charge on any atom is -0.480 e. The van der Waals surface area contributed by atoms with Crippen LogP contribution >= 0.6 is 11.3 Å². The number of hydrogen-bond acceptors (Lipinski definition) is 3. The lowest BCUT2D eigenvalue weighted by Gasteiger charge is -2.41. The van der Waals surface area contributed by atoms with E-state index in [2.05, 4.69) is 0 Å². The molecule has 1 aromatic rings. The number of carboxylic acid groups (broad SMARTS) is 1. The molecule has 0 radical (unpaired) electrons. The van der Waals surface area contributed by atoms with E-state index in [4.69, 9.17) is 0 Å². The zero-order chi connectivity index (χ0) is 14.2. The minimum atomic E-state index is -1.07. The molecule has 1 N–H and O–H groups in total. The van der Waals surface area contributed by atoms with Gasteiger partial charge in [-0.2, -0.15) is 0 Å². The second kappa shape index (κ2) is 4.96. The molecule has 1 aliphatic rings. The largest absolute Gasteiger partial charge is 0.480 e. The van der Waals surface area contributed by atoms with Crippen LogP contribution in [-0.2, 0) is 4.79 Å². The van der Waals surface area contributed by atoms with Crippen LogP contribution in [0.1, 0.15) is 46.3 Å². The molecule has 2 rings (SSSR count). The van der Waals surface area contributed by atoms with E-state index in [1.807, 2.05) is 19.9 Å². The summed E-state index contributed by atoms with van der Waals surface area (Å²) in [7, 11) is 0. The number of hydrogen-bond donors (Lipinski definition) is 1. The van der Waals surface area contributed by atoms with Gasteiger partial charge in [0, 0.05) is 11.4 Å². The van der Waals surface area contributed by atoms with Gasteiger partial charge in [0.25, 0.3) is 5.91 Å². The first-order valence-corrected chi connectivity index (χ1v) is 7.30. The second-order valence-electron chi connectivity index (χ2n) is 5.34. The third-order valence-electron chi connectivity index (χ3n) is 3.97. The molecular weight excluding hydrogens is 262 g/mol. The number of nitrogens with zero attached hydrogens (tertiary/aromatic N) is 1. The topological polar surface area (TPSA) is 57.6 Å². The molecule has 1 fully saturated rings. The molecule has 0 saturated carbocycles. The van der Waals surface area contributed by atoms with E-state index in [1.54, 1.807) is 6.92 Å². The molecule has 1 unspecified atom stereocenters. The van der Waals surface area contributed by atoms with Crippen molar-refractivity contribution in [3.8, 4) is 0 Å². The van der Waals surface area contributed by atoms with Gasteiger partial charge in [0.1, 0.15) is 5.54 Å². The van der Waals surface area contributed by atoms with Crippen LogP contribution in [0.15, 0.2) is 6.07 Å². The number of carbonyl (C=O) groups excluding carboxylic acids is 1. The van der Waals surface area contributed by atoms with Crippen molar-refractivity contribution in [1.29, 1.82) is 0 Å². The summed E-state index contributed by atoms with van der Waals surface area (Å²) in [5, 5.41) is 9.43. The molecule has 1 aromatic heterocycles. The number of aliphatic carboxylic acids is 1. The zero-order valence-corrected chi connectivity index (χ0v) is 12.3. The van der Waals surface area contributed by atoms with Gasteiger partial charge in [0.05, 0.1) is 4.88 Å². The lowest BCUT2D eigenvalue weighted by atomic mass is 9.88. The van der Waals surface area contributed by atoms with E-state index in [0.29, 0.717) is 17.8 Å². The monoisotopic (exact) mass is 281 g/mol. The molecule has 104 valence electrons. The molecule has 0 aliphatic carbocycles. The first-order valence-electron chi connectivity index (χ1n) is 6.48. The van der Waals surface area contributed by atoms with E-state index in [9.17, 15) is 14.7 Å². The number of aryl methyl sites for hydroxylation is 2. The smallest absolute Gasteiger partial charge is 0.329 e. The first kappa shape index (κ1) is 14.1. The normalized spacial score (nSPS) is 23.4. The summed E-state index contributed by atoms with van der Waals surface area (Å²) in [5.41, 5.74) is 0.0172. The van der Waals surface area contributed by atoms with E-state index < -0.39 is 11.5 Å². The quantitative estimate of drug-likeness (QED) is 0.907. The fourth-order valence-electron chi connectivity index (χ4n) is 2.48. The Hall–Kier alpha value is -1.36. The summed E-state index contributed by atoms with van der Waals surface area (Å²) in [6.07, 6.45) is 2.25. The van der Waals surface area contributed by atoms with Crippen LogP contribution in [0.25, 0.3) is 0 Å². The van der Waals surface area contributed by atoms with Crippen molar-refractivity contribution >= 4 is 23.2 Å². The fraction of sp³-hybridized carbons (Fsp3) is 0.571. The Morgan fingerprint density at radius 2 is 2.05 bits per heavy atom. The number of thiophene rings is 1. The highest BCUT2D eigenvalue weighted by atomic mass is 32.1. The van der Waals surface area contributed by atoms with Crippen LogP contribution in [-0.4, -0.2) is 34.0 Å². The molecule has 1 aliphatic heterocycles. The average Bonchev–Trinajstić information content (AvgIpc) is 2.69. The molecule has 0 spiro atoms. The van der Waals surface area contributed by atoms with Crippen LogP contribution in [0.2, 0.25) is 0 Å². The molecule has 0 aromatic carbocycles. The summed E-state index contributed by atoms with van der Waals surface area (Å²) in [6, 6.07) is 1.86. The SMILES string of the molecule is Cc1cc(C(=O)N2CCCCC2(C)C(=O)O)sc1C. The molecular formula is C14H19NO3S. The first-order chi connectivity index (χ1) is 8.86. The molecule has 4 nitrogen and oxygen atoms in total. The summed E-state index contributed by atoms with van der Waals surface area (Å²) in [4.78, 5) is 27.3. The summed E-state index contributed by atoms with van der Waals surface area (Å²) >= 11 is 1.44. The number of likely N-dealkylation sites (tertiary alicyclic amines) is 1. The van der Waals surface area contributed by atoms with Crippen molar-refractivity contribution in [2.24, 2.45) is 0 Å². The Labute approximate surface area is 117 Å². The third kappa shape index (κ3) is 2.39. The standard InChI is InChI=1S/C14H19NO3S/c1-9-8-11(19-10(9)2)12(16)15-7-5-4-6-14(15,3)13(17)18/h8H,4-7H2,1-3H3,(H,17,18). The lowest BCUT2D eigenvalue weighted by Crippen LogP contribution is -2.57. The number of rotatable bonds is 2. The van der Waals surface area contributed by atoms with Crippen LogP contribution in [0, 0.1) is 13.8 Å². The van der Waals surface area contributed by atoms with Crippen molar-refractivity contribution in [2.75, 3.05) is 6.54 Å². The molecule has 1 amide bonds. The highest BCUT2D eigenvalue weighted by Gasteiger charge is 2.44. The Kier molecular flexibility index (Phi) is 3.67. The maximum Gasteiger partial charge on any atom is 0.329 e. The number of carbonyl (C=O) groups is 2. The molecule has 19 heavy (non-hydrogen) atoms. The van der Waals surface area contributed by atoms with Crippen molar-refractivity contribution in [3.63, 3.8) is 0 Å². The maximum atomic E-state index is 12.6. The predicted octanol–water partition coefficient (Wildman–Crippen LogP) is 2.83. The van der Waals surface area contributed by atoms with Gasteiger partial charge in [-0.3, -0.25) is 4.79 Å². The van der Waals surface area contributed by atoms with Crippen LogP contribution < -0.4 is 0 Å². The minimum absolute atomic E-state index is 0.147. The van der Waals surface area contributed by atoms with Gasteiger partial charge in [0.15, 0.2) is 0 Å². The molecule has 1 saturated heterocycles. The zero-order valence-electron chi connectivity index (χ0n) is 11.5. The van der Waals surface area contributed by atoms with Gasteiger partial charge in [-0.05, 0) is 51.7 Å². The van der Waals surface area contributed by atoms with E-state index in [1.165, 1.54) is 16.2 Å². The summed E-state index contributed by atoms with van der Waals surface area (Å²) in [5.74, 6) is -1.06. The molecule has 5 heteroatoms. The van der Waals surface area contributed by atoms with Gasteiger partial charge >= 0.3 is 5.97 Å². The highest BCUT2D eigenvalue weighted by molar-refractivity contribution is 7.14. The predicted molar refractivity (Wildman–Crippen MR) is 74.7 cm³/mol. The molecule has 2 heterocycles. The van der Waals surface area contributed by atoms with Crippen LogP contribution in [0.4, 0.5) is 0 Å². The van der Waals surface area contributed by atoms with Gasteiger partial charge in [-0.1, -0.05) is 0 Å². The molecule has 0 bridgehead atoms. The van der Waals surface area contributed by atoms with E-state index in [-0.39, 0.29) is 5.91 Å². The summed E-state index contributed by atoms with van der Waals surface area (Å²) in [6.45, 7) is 6.12. The molecule has 1 atom stereocenters. The highest BCUT2D eigenvalue weighted by Crippen LogP contribution is 2.31. The maximum absolute atomic E-state index is 12.6. The van der Waals surface area contributed by atoms with Crippen LogP contribution in [0.3, 0.4) is 0 Å². The number of carboxylic acids is 1. The Morgan fingerprint density at radius 3 is 2.58 bits per heavy atom. The van der Waals surface area contributed by atoms with Crippen molar-refractivity contribution in [3.05, 3.63) is 21.4 Å². The van der Waals surface area contributed by atoms with Gasteiger partial charge < -0.3 is 10.0 Å². The van der Waals surface area contributed by atoms with E-state index >= 15 is 0 Å². The van der Waals surface area contributed by atoms with Crippen LogP contribution in [0.5, 0.6) is 0 Å².